The highest BCUT2D eigenvalue weighted by Gasteiger charge is 2.20. The molecule has 0 spiro atoms. The van der Waals surface area contributed by atoms with Gasteiger partial charge in [-0.15, -0.1) is 0 Å². The second kappa shape index (κ2) is 8.74. The van der Waals surface area contributed by atoms with Crippen molar-refractivity contribution in [2.24, 2.45) is 0 Å². The van der Waals surface area contributed by atoms with E-state index >= 15 is 0 Å². The highest BCUT2D eigenvalue weighted by atomic mass is 16.6. The van der Waals surface area contributed by atoms with E-state index in [1.54, 1.807) is 13.8 Å². The van der Waals surface area contributed by atoms with Crippen LogP contribution in [0.3, 0.4) is 0 Å². The Bertz CT molecular complexity index is 448. The summed E-state index contributed by atoms with van der Waals surface area (Å²) in [6.45, 7) is 4.27. The molecule has 1 rings (SSSR count). The Kier molecular flexibility index (Phi) is 6.89. The summed E-state index contributed by atoms with van der Waals surface area (Å²) in [5.41, 5.74) is 0.903. The van der Waals surface area contributed by atoms with Gasteiger partial charge in [0.2, 0.25) is 0 Å². The second-order valence-electron chi connectivity index (χ2n) is 3.87. The lowest BCUT2D eigenvalue weighted by Crippen LogP contribution is -2.21. The van der Waals surface area contributed by atoms with Crippen molar-refractivity contribution in [2.45, 2.75) is 20.4 Å². The number of hydrogen-bond acceptors (Lipinski definition) is 5. The summed E-state index contributed by atoms with van der Waals surface area (Å²) in [6, 6.07) is 9.63. The Balaban J connectivity index is 2.69. The molecule has 0 aliphatic rings. The van der Waals surface area contributed by atoms with Gasteiger partial charge in [-0.25, -0.2) is 9.59 Å². The largest absolute Gasteiger partial charge is 0.462 e. The van der Waals surface area contributed by atoms with E-state index in [0.29, 0.717) is 6.54 Å². The van der Waals surface area contributed by atoms with E-state index in [0.717, 1.165) is 5.56 Å². The minimum Gasteiger partial charge on any atom is -0.462 e. The number of ether oxygens (including phenoxy) is 2. The minimum atomic E-state index is -0.688. The lowest BCUT2D eigenvalue weighted by Gasteiger charge is -2.07. The van der Waals surface area contributed by atoms with Gasteiger partial charge < -0.3 is 14.8 Å². The Hall–Kier alpha value is -2.30. The zero-order valence-electron chi connectivity index (χ0n) is 11.7. The first-order valence-electron chi connectivity index (χ1n) is 6.50. The van der Waals surface area contributed by atoms with E-state index in [1.165, 1.54) is 6.20 Å². The van der Waals surface area contributed by atoms with Crippen molar-refractivity contribution in [2.75, 3.05) is 13.2 Å². The topological polar surface area (TPSA) is 64.6 Å². The Morgan fingerprint density at radius 2 is 1.60 bits per heavy atom. The van der Waals surface area contributed by atoms with Gasteiger partial charge in [-0.3, -0.25) is 0 Å². The molecular weight excluding hydrogens is 258 g/mol. The maximum atomic E-state index is 11.7. The van der Waals surface area contributed by atoms with Gasteiger partial charge in [-0.05, 0) is 19.4 Å². The van der Waals surface area contributed by atoms with Crippen LogP contribution in [0.5, 0.6) is 0 Å². The highest BCUT2D eigenvalue weighted by Crippen LogP contribution is 2.02. The van der Waals surface area contributed by atoms with Crippen LogP contribution in [0, 0.1) is 0 Å². The van der Waals surface area contributed by atoms with Gasteiger partial charge in [-0.1, -0.05) is 30.3 Å². The molecule has 0 amide bonds. The molecular formula is C15H19NO4. The molecule has 0 aliphatic heterocycles. The van der Waals surface area contributed by atoms with Crippen LogP contribution in [0.15, 0.2) is 42.1 Å². The Morgan fingerprint density at radius 3 is 2.10 bits per heavy atom. The normalized spacial score (nSPS) is 9.50. The van der Waals surface area contributed by atoms with Crippen LogP contribution in [0.4, 0.5) is 0 Å². The number of nitrogens with one attached hydrogen (secondary N) is 1. The third-order valence-corrected chi connectivity index (χ3v) is 2.39. The van der Waals surface area contributed by atoms with E-state index in [1.807, 2.05) is 30.3 Å². The molecule has 1 N–H and O–H groups in total. The number of carbonyl (C=O) groups is 2. The molecule has 0 saturated carbocycles. The second-order valence-corrected chi connectivity index (χ2v) is 3.87. The molecule has 0 fully saturated rings. The molecule has 0 unspecified atom stereocenters. The fourth-order valence-corrected chi connectivity index (χ4v) is 1.49. The maximum Gasteiger partial charge on any atom is 0.347 e. The van der Waals surface area contributed by atoms with Crippen LogP contribution < -0.4 is 5.32 Å². The molecule has 0 aromatic heterocycles. The van der Waals surface area contributed by atoms with Gasteiger partial charge in [0, 0.05) is 12.7 Å². The molecule has 0 aliphatic carbocycles. The van der Waals surface area contributed by atoms with Crippen molar-refractivity contribution >= 4 is 11.9 Å². The lowest BCUT2D eigenvalue weighted by atomic mass is 10.2. The number of esters is 2. The highest BCUT2D eigenvalue weighted by molar-refractivity contribution is 6.13. The van der Waals surface area contributed by atoms with Crippen LogP contribution >= 0.6 is 0 Å². The maximum absolute atomic E-state index is 11.7. The SMILES string of the molecule is CCOC(=O)C(=CNCc1ccccc1)C(=O)OCC. The summed E-state index contributed by atoms with van der Waals surface area (Å²) in [5, 5.41) is 2.92. The lowest BCUT2D eigenvalue weighted by molar-refractivity contribution is -0.146. The van der Waals surface area contributed by atoms with Gasteiger partial charge in [0.1, 0.15) is 0 Å². The van der Waals surface area contributed by atoms with E-state index in [9.17, 15) is 9.59 Å². The summed E-state index contributed by atoms with van der Waals surface area (Å²) in [7, 11) is 0. The van der Waals surface area contributed by atoms with Crippen molar-refractivity contribution in [1.82, 2.24) is 5.32 Å². The summed E-state index contributed by atoms with van der Waals surface area (Å²) in [4.78, 5) is 23.3. The quantitative estimate of drug-likeness (QED) is 0.356. The molecule has 0 saturated heterocycles. The fraction of sp³-hybridized carbons (Fsp3) is 0.333. The van der Waals surface area contributed by atoms with Gasteiger partial charge in [-0.2, -0.15) is 0 Å². The number of benzene rings is 1. The van der Waals surface area contributed by atoms with Crippen LogP contribution in [0.2, 0.25) is 0 Å². The summed E-state index contributed by atoms with van der Waals surface area (Å²) in [6.07, 6.45) is 1.34. The average molecular weight is 277 g/mol. The molecule has 0 atom stereocenters. The third kappa shape index (κ3) is 5.14. The average Bonchev–Trinajstić information content (AvgIpc) is 2.45. The van der Waals surface area contributed by atoms with E-state index in [4.69, 9.17) is 9.47 Å². The van der Waals surface area contributed by atoms with Crippen molar-refractivity contribution in [3.05, 3.63) is 47.7 Å². The molecule has 108 valence electrons. The first-order chi connectivity index (χ1) is 9.69. The standard InChI is InChI=1S/C15H19NO4/c1-3-19-14(17)13(15(18)20-4-2)11-16-10-12-8-6-5-7-9-12/h5-9,11,16H,3-4,10H2,1-2H3. The predicted molar refractivity (Wildman–Crippen MR) is 74.6 cm³/mol. The fourth-order valence-electron chi connectivity index (χ4n) is 1.49. The van der Waals surface area contributed by atoms with E-state index in [-0.39, 0.29) is 18.8 Å². The zero-order valence-corrected chi connectivity index (χ0v) is 11.7. The van der Waals surface area contributed by atoms with Crippen LogP contribution in [0.1, 0.15) is 19.4 Å². The molecule has 0 radical (unpaired) electrons. The van der Waals surface area contributed by atoms with Gasteiger partial charge in [0.15, 0.2) is 5.57 Å². The van der Waals surface area contributed by atoms with Gasteiger partial charge >= 0.3 is 11.9 Å². The molecule has 5 heteroatoms. The minimum absolute atomic E-state index is 0.135. The first-order valence-corrected chi connectivity index (χ1v) is 6.50. The van der Waals surface area contributed by atoms with Crippen molar-refractivity contribution in [3.8, 4) is 0 Å². The molecule has 20 heavy (non-hydrogen) atoms. The molecule has 1 aromatic rings. The molecule has 1 aromatic carbocycles. The molecule has 0 heterocycles. The van der Waals surface area contributed by atoms with Crippen molar-refractivity contribution < 1.29 is 19.1 Å². The number of hydrogen-bond donors (Lipinski definition) is 1. The molecule has 5 nitrogen and oxygen atoms in total. The molecule has 0 bridgehead atoms. The number of carbonyl (C=O) groups excluding carboxylic acids is 2. The monoisotopic (exact) mass is 277 g/mol. The van der Waals surface area contributed by atoms with Crippen molar-refractivity contribution in [3.63, 3.8) is 0 Å². The number of rotatable bonds is 7. The van der Waals surface area contributed by atoms with E-state index in [2.05, 4.69) is 5.32 Å². The zero-order chi connectivity index (χ0) is 14.8. The Labute approximate surface area is 118 Å². The summed E-state index contributed by atoms with van der Waals surface area (Å²) < 4.78 is 9.65. The first kappa shape index (κ1) is 15.8. The summed E-state index contributed by atoms with van der Waals surface area (Å²) >= 11 is 0. The van der Waals surface area contributed by atoms with Crippen LogP contribution in [-0.4, -0.2) is 25.2 Å². The van der Waals surface area contributed by atoms with Gasteiger partial charge in [0.25, 0.3) is 0 Å². The van der Waals surface area contributed by atoms with Crippen molar-refractivity contribution in [1.29, 1.82) is 0 Å². The smallest absolute Gasteiger partial charge is 0.347 e. The van der Waals surface area contributed by atoms with E-state index < -0.39 is 11.9 Å². The van der Waals surface area contributed by atoms with Crippen LogP contribution in [0.25, 0.3) is 0 Å². The third-order valence-electron chi connectivity index (χ3n) is 2.39. The van der Waals surface area contributed by atoms with Crippen LogP contribution in [-0.2, 0) is 25.6 Å². The Morgan fingerprint density at radius 1 is 1.05 bits per heavy atom. The summed E-state index contributed by atoms with van der Waals surface area (Å²) in [5.74, 6) is -1.38. The van der Waals surface area contributed by atoms with Gasteiger partial charge in [0.05, 0.1) is 13.2 Å². The predicted octanol–water partition coefficient (Wildman–Crippen LogP) is 1.79.